The molecule has 4 rings (SSSR count). The van der Waals surface area contributed by atoms with E-state index in [-0.39, 0.29) is 0 Å². The number of fused-ring (bicyclic) bond motifs is 1. The first-order valence-corrected chi connectivity index (χ1v) is 11.2. The van der Waals surface area contributed by atoms with E-state index in [4.69, 9.17) is 25.5 Å². The molecule has 0 aliphatic carbocycles. The number of hydrogen-bond donors (Lipinski definition) is 2. The van der Waals surface area contributed by atoms with E-state index in [0.717, 1.165) is 73.2 Å². The van der Waals surface area contributed by atoms with E-state index >= 15 is 0 Å². The molecule has 3 aromatic heterocycles. The zero-order chi connectivity index (χ0) is 21.6. The molecule has 3 aromatic rings. The van der Waals surface area contributed by atoms with Crippen molar-refractivity contribution in [3.63, 3.8) is 0 Å². The average Bonchev–Trinajstić information content (AvgIpc) is 3.18. The molecule has 0 unspecified atom stereocenters. The van der Waals surface area contributed by atoms with E-state index < -0.39 is 0 Å². The lowest BCUT2D eigenvalue weighted by Crippen LogP contribution is -2.37. The third kappa shape index (κ3) is 4.77. The molecule has 0 radical (unpaired) electrons. The lowest BCUT2D eigenvalue weighted by atomic mass is 9.97. The average molecular weight is 425 g/mol. The van der Waals surface area contributed by atoms with Crippen LogP contribution in [0.15, 0.2) is 24.4 Å². The van der Waals surface area contributed by atoms with Crippen molar-refractivity contribution in [1.29, 1.82) is 0 Å². The van der Waals surface area contributed by atoms with E-state index in [1.54, 1.807) is 6.20 Å². The van der Waals surface area contributed by atoms with Crippen molar-refractivity contribution in [2.45, 2.75) is 39.7 Å². The maximum atomic E-state index is 5.87. The van der Waals surface area contributed by atoms with Crippen LogP contribution in [0.2, 0.25) is 0 Å². The summed E-state index contributed by atoms with van der Waals surface area (Å²) in [5, 5.41) is 8.24. The van der Waals surface area contributed by atoms with Crippen molar-refractivity contribution < 1.29 is 4.74 Å². The second-order valence-corrected chi connectivity index (χ2v) is 7.80. The van der Waals surface area contributed by atoms with Gasteiger partial charge in [0.25, 0.3) is 0 Å². The molecular weight excluding hydrogens is 392 g/mol. The molecule has 9 heteroatoms. The number of hydrogen-bond acceptors (Lipinski definition) is 8. The summed E-state index contributed by atoms with van der Waals surface area (Å²) < 4.78 is 7.53. The van der Waals surface area contributed by atoms with Gasteiger partial charge in [0.2, 0.25) is 5.95 Å². The summed E-state index contributed by atoms with van der Waals surface area (Å²) in [5.41, 5.74) is 8.63. The number of pyridine rings is 1. The summed E-state index contributed by atoms with van der Waals surface area (Å²) in [5.74, 6) is 2.79. The minimum absolute atomic E-state index is 0.582. The molecule has 1 saturated heterocycles. The number of aryl methyl sites for hydroxylation is 1. The van der Waals surface area contributed by atoms with Crippen LogP contribution in [0.3, 0.4) is 0 Å². The molecule has 0 bridgehead atoms. The van der Waals surface area contributed by atoms with Crippen molar-refractivity contribution >= 4 is 28.6 Å². The van der Waals surface area contributed by atoms with Crippen molar-refractivity contribution in [2.24, 2.45) is 11.7 Å². The Morgan fingerprint density at radius 3 is 2.71 bits per heavy atom. The number of piperidine rings is 1. The first kappa shape index (κ1) is 21.5. The van der Waals surface area contributed by atoms with Gasteiger partial charge in [0.1, 0.15) is 16.9 Å². The first-order chi connectivity index (χ1) is 15.2. The van der Waals surface area contributed by atoms with Gasteiger partial charge in [-0.2, -0.15) is 10.1 Å². The molecule has 1 fully saturated rings. The normalized spacial score (nSPS) is 15.0. The Hall–Kier alpha value is -2.78. The van der Waals surface area contributed by atoms with E-state index in [9.17, 15) is 0 Å². The van der Waals surface area contributed by atoms with Crippen LogP contribution in [-0.4, -0.2) is 57.6 Å². The topological polar surface area (TPSA) is 107 Å². The molecule has 0 amide bonds. The van der Waals surface area contributed by atoms with Gasteiger partial charge in [0, 0.05) is 25.9 Å². The second kappa shape index (κ2) is 10.0. The van der Waals surface area contributed by atoms with Gasteiger partial charge >= 0.3 is 0 Å². The fraction of sp³-hybridized carbons (Fsp3) is 0.545. The van der Waals surface area contributed by atoms with Crippen molar-refractivity contribution in [2.75, 3.05) is 43.1 Å². The lowest BCUT2D eigenvalue weighted by molar-refractivity contribution is 0.137. The Bertz CT molecular complexity index is 982. The second-order valence-electron chi connectivity index (χ2n) is 7.80. The van der Waals surface area contributed by atoms with Gasteiger partial charge in [-0.05, 0) is 50.8 Å². The summed E-state index contributed by atoms with van der Waals surface area (Å²) in [4.78, 5) is 16.6. The van der Waals surface area contributed by atoms with Crippen molar-refractivity contribution in [3.05, 3.63) is 30.1 Å². The van der Waals surface area contributed by atoms with E-state index in [1.165, 1.54) is 0 Å². The van der Waals surface area contributed by atoms with Crippen LogP contribution in [0.1, 0.15) is 32.4 Å². The van der Waals surface area contributed by atoms with Crippen LogP contribution < -0.4 is 16.0 Å². The highest BCUT2D eigenvalue weighted by atomic mass is 16.5. The third-order valence-electron chi connectivity index (χ3n) is 5.77. The molecule has 4 heterocycles. The summed E-state index contributed by atoms with van der Waals surface area (Å²) in [6, 6.07) is 5.79. The summed E-state index contributed by atoms with van der Waals surface area (Å²) in [6.45, 7) is 8.59. The van der Waals surface area contributed by atoms with Crippen LogP contribution in [0.5, 0.6) is 0 Å². The van der Waals surface area contributed by atoms with Crippen LogP contribution in [0.25, 0.3) is 11.0 Å². The Morgan fingerprint density at radius 2 is 2.03 bits per heavy atom. The van der Waals surface area contributed by atoms with Crippen LogP contribution in [0, 0.1) is 5.92 Å². The molecule has 9 nitrogen and oxygen atoms in total. The molecule has 0 atom stereocenters. The SMILES string of the molecule is CCOCCn1nc(CC)c2nc(N3CCC(CN)CC3)nc(Nc3ccccn3)c21. The quantitative estimate of drug-likeness (QED) is 0.505. The van der Waals surface area contributed by atoms with E-state index in [1.807, 2.05) is 29.8 Å². The monoisotopic (exact) mass is 424 g/mol. The standard InChI is InChI=1S/C22H32N8O/c1-3-17-19-20(30(28-17)13-14-31-4-2)21(25-18-7-5-6-10-24-18)27-22(26-19)29-11-8-16(15-23)9-12-29/h5-7,10,16H,3-4,8-9,11-15,23H2,1-2H3,(H,24,25,26,27). The third-order valence-corrected chi connectivity index (χ3v) is 5.77. The highest BCUT2D eigenvalue weighted by Gasteiger charge is 2.24. The number of ether oxygens (including phenoxy) is 1. The molecule has 0 saturated carbocycles. The Morgan fingerprint density at radius 1 is 1.19 bits per heavy atom. The van der Waals surface area contributed by atoms with Gasteiger partial charge in [-0.3, -0.25) is 4.68 Å². The van der Waals surface area contributed by atoms with Gasteiger partial charge in [0.05, 0.1) is 18.8 Å². The Kier molecular flexibility index (Phi) is 6.93. The maximum Gasteiger partial charge on any atom is 0.228 e. The highest BCUT2D eigenvalue weighted by Crippen LogP contribution is 2.30. The minimum Gasteiger partial charge on any atom is -0.380 e. The molecule has 31 heavy (non-hydrogen) atoms. The molecule has 3 N–H and O–H groups in total. The lowest BCUT2D eigenvalue weighted by Gasteiger charge is -2.31. The van der Waals surface area contributed by atoms with Crippen molar-refractivity contribution in [1.82, 2.24) is 24.7 Å². The van der Waals surface area contributed by atoms with Gasteiger partial charge in [-0.1, -0.05) is 13.0 Å². The summed E-state index contributed by atoms with van der Waals surface area (Å²) >= 11 is 0. The van der Waals surface area contributed by atoms with Crippen LogP contribution in [0.4, 0.5) is 17.6 Å². The predicted molar refractivity (Wildman–Crippen MR) is 123 cm³/mol. The molecule has 0 spiro atoms. The highest BCUT2D eigenvalue weighted by molar-refractivity contribution is 5.90. The molecule has 1 aliphatic heterocycles. The zero-order valence-corrected chi connectivity index (χ0v) is 18.4. The molecule has 1 aliphatic rings. The first-order valence-electron chi connectivity index (χ1n) is 11.2. The van der Waals surface area contributed by atoms with Crippen LogP contribution >= 0.6 is 0 Å². The summed E-state index contributed by atoms with van der Waals surface area (Å²) in [7, 11) is 0. The minimum atomic E-state index is 0.582. The zero-order valence-electron chi connectivity index (χ0n) is 18.4. The van der Waals surface area contributed by atoms with Gasteiger partial charge in [-0.15, -0.1) is 0 Å². The van der Waals surface area contributed by atoms with Gasteiger partial charge < -0.3 is 20.7 Å². The maximum absolute atomic E-state index is 5.87. The van der Waals surface area contributed by atoms with Crippen LogP contribution in [-0.2, 0) is 17.7 Å². The number of rotatable bonds is 9. The summed E-state index contributed by atoms with van der Waals surface area (Å²) in [6.07, 6.45) is 4.69. The van der Waals surface area contributed by atoms with Gasteiger partial charge in [0.15, 0.2) is 5.82 Å². The van der Waals surface area contributed by atoms with E-state index in [0.29, 0.717) is 25.7 Å². The number of anilines is 3. The smallest absolute Gasteiger partial charge is 0.228 e. The molecular formula is C22H32N8O. The Balaban J connectivity index is 1.76. The number of nitrogens with one attached hydrogen (secondary N) is 1. The molecule has 0 aromatic carbocycles. The fourth-order valence-corrected chi connectivity index (χ4v) is 3.98. The largest absolute Gasteiger partial charge is 0.380 e. The molecule has 166 valence electrons. The number of nitrogens with zero attached hydrogens (tertiary/aromatic N) is 6. The number of aromatic nitrogens is 5. The Labute approximate surface area is 183 Å². The predicted octanol–water partition coefficient (Wildman–Crippen LogP) is 2.74. The van der Waals surface area contributed by atoms with Gasteiger partial charge in [-0.25, -0.2) is 9.97 Å². The van der Waals surface area contributed by atoms with E-state index in [2.05, 4.69) is 22.1 Å². The fourth-order valence-electron chi connectivity index (χ4n) is 3.98. The number of nitrogens with two attached hydrogens (primary N) is 1. The van der Waals surface area contributed by atoms with Crippen molar-refractivity contribution in [3.8, 4) is 0 Å².